The molecule has 186 valence electrons. The lowest BCUT2D eigenvalue weighted by molar-refractivity contribution is -0.121. The molecule has 4 N–H and O–H groups in total. The Kier molecular flexibility index (Phi) is 24.8. The maximum atomic E-state index is 12.0. The second-order valence-corrected chi connectivity index (χ2v) is 11.5. The summed E-state index contributed by atoms with van der Waals surface area (Å²) in [4.78, 5) is 12.0. The van der Waals surface area contributed by atoms with Crippen molar-refractivity contribution < 1.29 is 9.90 Å². The minimum Gasteiger partial charge on any atom is -0.396 e. The molecule has 0 heterocycles. The van der Waals surface area contributed by atoms with Gasteiger partial charge in [0.15, 0.2) is 0 Å². The summed E-state index contributed by atoms with van der Waals surface area (Å²) in [7, 11) is 3.58. The van der Waals surface area contributed by atoms with Crippen LogP contribution in [0.2, 0.25) is 0 Å². The van der Waals surface area contributed by atoms with E-state index in [0.29, 0.717) is 18.2 Å². The first-order chi connectivity index (χ1) is 15.2. The summed E-state index contributed by atoms with van der Waals surface area (Å²) in [5.41, 5.74) is 6.00. The van der Waals surface area contributed by atoms with E-state index >= 15 is 0 Å². The van der Waals surface area contributed by atoms with Crippen LogP contribution in [0.15, 0.2) is 0 Å². The fourth-order valence-corrected chi connectivity index (χ4v) is 5.85. The van der Waals surface area contributed by atoms with Crippen LogP contribution in [0.4, 0.5) is 0 Å². The van der Waals surface area contributed by atoms with Crippen LogP contribution in [0.5, 0.6) is 0 Å². The third kappa shape index (κ3) is 21.7. The van der Waals surface area contributed by atoms with Crippen LogP contribution in [0.3, 0.4) is 0 Å². The highest BCUT2D eigenvalue weighted by Crippen LogP contribution is 2.23. The normalized spacial score (nSPS) is 13.3. The van der Waals surface area contributed by atoms with Crippen LogP contribution in [0.1, 0.15) is 117 Å². The van der Waals surface area contributed by atoms with Crippen molar-refractivity contribution in [2.45, 2.75) is 123 Å². The molecule has 6 heteroatoms. The predicted molar refractivity (Wildman–Crippen MR) is 142 cm³/mol. The molecule has 0 spiro atoms. The Balaban J connectivity index is 3.34. The van der Waals surface area contributed by atoms with Crippen molar-refractivity contribution >= 4 is 27.5 Å². The number of hydrogen-bond acceptors (Lipinski definition) is 5. The van der Waals surface area contributed by atoms with E-state index in [4.69, 9.17) is 5.73 Å². The number of rotatable bonds is 24. The molecular weight excluding hydrogens is 424 g/mol. The lowest BCUT2D eigenvalue weighted by Crippen LogP contribution is -2.42. The molecule has 1 amide bonds. The Morgan fingerprint density at radius 1 is 0.839 bits per heavy atom. The highest BCUT2D eigenvalue weighted by molar-refractivity contribution is 8.76. The van der Waals surface area contributed by atoms with Gasteiger partial charge in [0.25, 0.3) is 0 Å². The topological polar surface area (TPSA) is 75.4 Å². The first-order valence-corrected chi connectivity index (χ1v) is 15.5. The van der Waals surface area contributed by atoms with Crippen LogP contribution >= 0.6 is 21.6 Å². The van der Waals surface area contributed by atoms with E-state index in [9.17, 15) is 9.90 Å². The number of aliphatic hydroxyl groups excluding tert-OH is 1. The molecule has 31 heavy (non-hydrogen) atoms. The molecule has 0 rings (SSSR count). The Hall–Kier alpha value is 0.0900. The van der Waals surface area contributed by atoms with Gasteiger partial charge in [-0.25, -0.2) is 0 Å². The van der Waals surface area contributed by atoms with E-state index in [1.54, 1.807) is 10.8 Å². The Labute approximate surface area is 201 Å². The number of carbonyl (C=O) groups excluding carboxylic acids is 1. The monoisotopic (exact) mass is 476 g/mol. The minimum absolute atomic E-state index is 0.0346. The van der Waals surface area contributed by atoms with Crippen LogP contribution in [0.25, 0.3) is 0 Å². The zero-order valence-corrected chi connectivity index (χ0v) is 22.2. The first kappa shape index (κ1) is 31.1. The van der Waals surface area contributed by atoms with Crippen LogP contribution in [-0.4, -0.2) is 41.7 Å². The van der Waals surface area contributed by atoms with E-state index in [1.165, 1.54) is 77.0 Å². The number of carbonyl (C=O) groups is 1. The van der Waals surface area contributed by atoms with Gasteiger partial charge in [-0.05, 0) is 25.2 Å². The molecule has 1 unspecified atom stereocenters. The van der Waals surface area contributed by atoms with E-state index in [-0.39, 0.29) is 12.5 Å². The smallest absolute Gasteiger partial charge is 0.237 e. The molecule has 0 aliphatic carbocycles. The molecule has 0 saturated heterocycles. The van der Waals surface area contributed by atoms with Crippen LogP contribution in [-0.2, 0) is 4.79 Å². The fourth-order valence-electron chi connectivity index (χ4n) is 3.58. The number of hydrogen-bond donors (Lipinski definition) is 3. The minimum atomic E-state index is -0.416. The van der Waals surface area contributed by atoms with E-state index in [0.717, 1.165) is 31.4 Å². The van der Waals surface area contributed by atoms with E-state index in [2.05, 4.69) is 19.2 Å². The third-order valence-electron chi connectivity index (χ3n) is 5.92. The second-order valence-electron chi connectivity index (χ2n) is 8.85. The van der Waals surface area contributed by atoms with Crippen molar-refractivity contribution in [1.82, 2.24) is 5.32 Å². The molecule has 0 fully saturated rings. The van der Waals surface area contributed by atoms with Crippen molar-refractivity contribution in [2.24, 2.45) is 11.7 Å². The zero-order chi connectivity index (χ0) is 23.0. The molecular formula is C25H52N2O2S2. The summed E-state index contributed by atoms with van der Waals surface area (Å²) >= 11 is 0. The van der Waals surface area contributed by atoms with E-state index < -0.39 is 6.04 Å². The van der Waals surface area contributed by atoms with Crippen molar-refractivity contribution in [3.05, 3.63) is 0 Å². The van der Waals surface area contributed by atoms with Crippen molar-refractivity contribution in [2.75, 3.05) is 24.7 Å². The molecule has 0 aromatic rings. The largest absolute Gasteiger partial charge is 0.396 e. The van der Waals surface area contributed by atoms with Gasteiger partial charge in [0.1, 0.15) is 0 Å². The summed E-state index contributed by atoms with van der Waals surface area (Å²) < 4.78 is 0. The van der Waals surface area contributed by atoms with E-state index in [1.807, 2.05) is 10.8 Å². The molecule has 0 radical (unpaired) electrons. The Bertz CT molecular complexity index is 383. The summed E-state index contributed by atoms with van der Waals surface area (Å²) in [5, 5.41) is 12.1. The van der Waals surface area contributed by atoms with Crippen molar-refractivity contribution in [3.8, 4) is 0 Å². The number of aliphatic hydroxyl groups is 1. The molecule has 2 atom stereocenters. The highest BCUT2D eigenvalue weighted by atomic mass is 33.1. The van der Waals surface area contributed by atoms with Crippen LogP contribution < -0.4 is 11.1 Å². The molecule has 0 saturated carbocycles. The summed E-state index contributed by atoms with van der Waals surface area (Å²) in [5.74, 6) is 2.20. The van der Waals surface area contributed by atoms with Crippen LogP contribution in [0, 0.1) is 5.92 Å². The molecule has 0 bridgehead atoms. The molecule has 0 aromatic carbocycles. The highest BCUT2D eigenvalue weighted by Gasteiger charge is 2.13. The number of nitrogens with one attached hydrogen (secondary N) is 1. The average molecular weight is 477 g/mol. The molecule has 0 aliphatic heterocycles. The van der Waals surface area contributed by atoms with Gasteiger partial charge in [-0.2, -0.15) is 0 Å². The van der Waals surface area contributed by atoms with Gasteiger partial charge in [-0.3, -0.25) is 4.79 Å². The maximum absolute atomic E-state index is 12.0. The summed E-state index contributed by atoms with van der Waals surface area (Å²) in [6.07, 6.45) is 20.6. The number of amides is 1. The lowest BCUT2D eigenvalue weighted by atomic mass is 10.0. The van der Waals surface area contributed by atoms with Crippen molar-refractivity contribution in [1.29, 1.82) is 0 Å². The van der Waals surface area contributed by atoms with Gasteiger partial charge in [-0.1, -0.05) is 119 Å². The number of nitrogens with two attached hydrogens (primary N) is 1. The number of unbranched alkanes of at least 4 members (excludes halogenated alkanes) is 12. The third-order valence-corrected chi connectivity index (χ3v) is 8.45. The first-order valence-electron chi connectivity index (χ1n) is 13.0. The Morgan fingerprint density at radius 3 is 1.97 bits per heavy atom. The van der Waals surface area contributed by atoms with Gasteiger partial charge < -0.3 is 16.2 Å². The predicted octanol–water partition coefficient (Wildman–Crippen LogP) is 6.70. The summed E-state index contributed by atoms with van der Waals surface area (Å²) in [6, 6.07) is -0.416. The van der Waals surface area contributed by atoms with Gasteiger partial charge >= 0.3 is 0 Å². The average Bonchev–Trinajstić information content (AvgIpc) is 2.78. The van der Waals surface area contributed by atoms with Gasteiger partial charge in [0.2, 0.25) is 5.91 Å². The zero-order valence-electron chi connectivity index (χ0n) is 20.5. The maximum Gasteiger partial charge on any atom is 0.237 e. The molecule has 0 aliphatic rings. The lowest BCUT2D eigenvalue weighted by Gasteiger charge is -2.13. The second kappa shape index (κ2) is 24.7. The van der Waals surface area contributed by atoms with Gasteiger partial charge in [0.05, 0.1) is 6.04 Å². The summed E-state index contributed by atoms with van der Waals surface area (Å²) in [6.45, 7) is 5.33. The molecule has 4 nitrogen and oxygen atoms in total. The fraction of sp³-hybridized carbons (Fsp3) is 0.960. The van der Waals surface area contributed by atoms with Gasteiger partial charge in [-0.15, -0.1) is 0 Å². The SMILES string of the molecule is CCCCCCCCCCCCCCSSC[C@H](N)C(=O)NCCCCC(CC)CO. The van der Waals surface area contributed by atoms with Gasteiger partial charge in [0, 0.05) is 24.7 Å². The quantitative estimate of drug-likeness (QED) is 0.107. The van der Waals surface area contributed by atoms with Crippen molar-refractivity contribution in [3.63, 3.8) is 0 Å². The Morgan fingerprint density at radius 2 is 1.42 bits per heavy atom. The standard InChI is InChI=1S/C25H52N2O2S2/c1-3-5-6-7-8-9-10-11-12-13-14-17-20-30-31-22-24(26)25(29)27-19-16-15-18-23(4-2)21-28/h23-24,28H,3-22,26H2,1-2H3,(H,27,29)/t23?,24-/m0/s1. The molecule has 0 aromatic heterocycles.